The SMILES string of the molecule is COC(=O)c1ccccc1CNc1ccc(F)c(Br)c1. The molecule has 2 aromatic rings. The van der Waals surface area contributed by atoms with Crippen LogP contribution in [0.5, 0.6) is 0 Å². The van der Waals surface area contributed by atoms with Crippen LogP contribution in [0.25, 0.3) is 0 Å². The molecular formula is C15H13BrFNO2. The molecule has 0 heterocycles. The molecule has 0 amide bonds. The summed E-state index contributed by atoms with van der Waals surface area (Å²) in [5.41, 5.74) is 2.10. The Morgan fingerprint density at radius 3 is 2.75 bits per heavy atom. The molecule has 0 saturated heterocycles. The average molecular weight is 338 g/mol. The van der Waals surface area contributed by atoms with Gasteiger partial charge in [0, 0.05) is 12.2 Å². The number of ether oxygens (including phenoxy) is 1. The zero-order valence-corrected chi connectivity index (χ0v) is 12.4. The summed E-state index contributed by atoms with van der Waals surface area (Å²) in [7, 11) is 1.35. The highest BCUT2D eigenvalue weighted by Crippen LogP contribution is 2.21. The lowest BCUT2D eigenvalue weighted by atomic mass is 10.1. The van der Waals surface area contributed by atoms with Crippen LogP contribution in [0, 0.1) is 5.82 Å². The fraction of sp³-hybridized carbons (Fsp3) is 0.133. The van der Waals surface area contributed by atoms with Gasteiger partial charge >= 0.3 is 5.97 Å². The first-order chi connectivity index (χ1) is 9.61. The number of benzene rings is 2. The molecule has 0 aliphatic carbocycles. The van der Waals surface area contributed by atoms with E-state index in [4.69, 9.17) is 4.74 Å². The molecule has 0 aliphatic rings. The van der Waals surface area contributed by atoms with E-state index in [0.717, 1.165) is 11.3 Å². The van der Waals surface area contributed by atoms with Crippen LogP contribution in [0.2, 0.25) is 0 Å². The maximum atomic E-state index is 13.1. The van der Waals surface area contributed by atoms with Crippen molar-refractivity contribution in [1.82, 2.24) is 0 Å². The van der Waals surface area contributed by atoms with E-state index < -0.39 is 0 Å². The summed E-state index contributed by atoms with van der Waals surface area (Å²) in [5, 5.41) is 3.14. The number of halogens is 2. The zero-order valence-electron chi connectivity index (χ0n) is 10.8. The van der Waals surface area contributed by atoms with E-state index in [0.29, 0.717) is 16.6 Å². The Labute approximate surface area is 124 Å². The molecule has 3 nitrogen and oxygen atoms in total. The van der Waals surface area contributed by atoms with Gasteiger partial charge in [-0.05, 0) is 45.8 Å². The van der Waals surface area contributed by atoms with Crippen LogP contribution in [-0.4, -0.2) is 13.1 Å². The Kier molecular flexibility index (Phi) is 4.74. The average Bonchev–Trinajstić information content (AvgIpc) is 2.48. The summed E-state index contributed by atoms with van der Waals surface area (Å²) in [6.45, 7) is 0.448. The third-order valence-electron chi connectivity index (χ3n) is 2.83. The van der Waals surface area contributed by atoms with E-state index in [1.807, 2.05) is 12.1 Å². The highest BCUT2D eigenvalue weighted by atomic mass is 79.9. The van der Waals surface area contributed by atoms with E-state index in [2.05, 4.69) is 21.2 Å². The second-order valence-corrected chi connectivity index (χ2v) is 4.99. The van der Waals surface area contributed by atoms with Gasteiger partial charge in [0.15, 0.2) is 0 Å². The lowest BCUT2D eigenvalue weighted by Crippen LogP contribution is -2.09. The minimum absolute atomic E-state index is 0.314. The number of anilines is 1. The minimum atomic E-state index is -0.373. The van der Waals surface area contributed by atoms with Crippen LogP contribution in [0.4, 0.5) is 10.1 Å². The Hall–Kier alpha value is -1.88. The van der Waals surface area contributed by atoms with Gasteiger partial charge in [0.1, 0.15) is 5.82 Å². The standard InChI is InChI=1S/C15H13BrFNO2/c1-20-15(19)12-5-3-2-4-10(12)9-18-11-6-7-14(17)13(16)8-11/h2-8,18H,9H2,1H3. The molecule has 0 atom stereocenters. The molecule has 0 saturated carbocycles. The van der Waals surface area contributed by atoms with Gasteiger partial charge in [-0.15, -0.1) is 0 Å². The van der Waals surface area contributed by atoms with Crippen LogP contribution in [0.1, 0.15) is 15.9 Å². The molecule has 20 heavy (non-hydrogen) atoms. The van der Waals surface area contributed by atoms with Crippen LogP contribution in [-0.2, 0) is 11.3 Å². The van der Waals surface area contributed by atoms with E-state index in [9.17, 15) is 9.18 Å². The summed E-state index contributed by atoms with van der Waals surface area (Å²) < 4.78 is 18.3. The van der Waals surface area contributed by atoms with Crippen molar-refractivity contribution in [3.63, 3.8) is 0 Å². The van der Waals surface area contributed by atoms with Crippen LogP contribution >= 0.6 is 15.9 Å². The Morgan fingerprint density at radius 2 is 2.05 bits per heavy atom. The molecule has 0 bridgehead atoms. The van der Waals surface area contributed by atoms with Gasteiger partial charge in [-0.1, -0.05) is 18.2 Å². The lowest BCUT2D eigenvalue weighted by molar-refractivity contribution is 0.0599. The molecule has 0 aromatic heterocycles. The quantitative estimate of drug-likeness (QED) is 0.857. The van der Waals surface area contributed by atoms with Crippen molar-refractivity contribution in [2.45, 2.75) is 6.54 Å². The van der Waals surface area contributed by atoms with Gasteiger partial charge in [-0.3, -0.25) is 0 Å². The molecule has 0 unspecified atom stereocenters. The van der Waals surface area contributed by atoms with Crippen LogP contribution in [0.15, 0.2) is 46.9 Å². The number of rotatable bonds is 4. The lowest BCUT2D eigenvalue weighted by Gasteiger charge is -2.10. The second-order valence-electron chi connectivity index (χ2n) is 4.13. The summed E-state index contributed by atoms with van der Waals surface area (Å²) >= 11 is 3.13. The summed E-state index contributed by atoms with van der Waals surface area (Å²) in [4.78, 5) is 11.6. The Bertz CT molecular complexity index is 631. The van der Waals surface area contributed by atoms with Crippen LogP contribution < -0.4 is 5.32 Å². The smallest absolute Gasteiger partial charge is 0.338 e. The molecule has 2 aromatic carbocycles. The van der Waals surface area contributed by atoms with Gasteiger partial charge in [0.05, 0.1) is 17.1 Å². The van der Waals surface area contributed by atoms with Crippen molar-refractivity contribution < 1.29 is 13.9 Å². The van der Waals surface area contributed by atoms with E-state index >= 15 is 0 Å². The molecule has 5 heteroatoms. The number of methoxy groups -OCH3 is 1. The molecule has 0 spiro atoms. The number of carbonyl (C=O) groups excluding carboxylic acids is 1. The first-order valence-corrected chi connectivity index (χ1v) is 6.76. The predicted octanol–water partition coefficient (Wildman–Crippen LogP) is 3.99. The molecule has 0 radical (unpaired) electrons. The highest BCUT2D eigenvalue weighted by molar-refractivity contribution is 9.10. The summed E-state index contributed by atoms with van der Waals surface area (Å²) in [5.74, 6) is -0.687. The number of carbonyl (C=O) groups is 1. The van der Waals surface area contributed by atoms with E-state index in [1.165, 1.54) is 13.2 Å². The van der Waals surface area contributed by atoms with Crippen molar-refractivity contribution in [3.05, 3.63) is 63.9 Å². The van der Waals surface area contributed by atoms with Gasteiger partial charge in [0.25, 0.3) is 0 Å². The van der Waals surface area contributed by atoms with Crippen molar-refractivity contribution in [2.24, 2.45) is 0 Å². The minimum Gasteiger partial charge on any atom is -0.465 e. The largest absolute Gasteiger partial charge is 0.465 e. The topological polar surface area (TPSA) is 38.3 Å². The first-order valence-electron chi connectivity index (χ1n) is 5.97. The van der Waals surface area contributed by atoms with Crippen molar-refractivity contribution in [3.8, 4) is 0 Å². The number of nitrogens with one attached hydrogen (secondary N) is 1. The summed E-state index contributed by atoms with van der Waals surface area (Å²) in [6.07, 6.45) is 0. The Balaban J connectivity index is 2.14. The number of esters is 1. The second kappa shape index (κ2) is 6.52. The number of hydrogen-bond donors (Lipinski definition) is 1. The van der Waals surface area contributed by atoms with Gasteiger partial charge in [0.2, 0.25) is 0 Å². The maximum absolute atomic E-state index is 13.1. The first kappa shape index (κ1) is 14.5. The molecular weight excluding hydrogens is 325 g/mol. The number of hydrogen-bond acceptors (Lipinski definition) is 3. The third kappa shape index (κ3) is 3.36. The third-order valence-corrected chi connectivity index (χ3v) is 3.43. The maximum Gasteiger partial charge on any atom is 0.338 e. The Morgan fingerprint density at radius 1 is 1.30 bits per heavy atom. The van der Waals surface area contributed by atoms with Gasteiger partial charge in [-0.2, -0.15) is 0 Å². The van der Waals surface area contributed by atoms with E-state index in [-0.39, 0.29) is 11.8 Å². The fourth-order valence-electron chi connectivity index (χ4n) is 1.79. The van der Waals surface area contributed by atoms with Crippen molar-refractivity contribution in [2.75, 3.05) is 12.4 Å². The van der Waals surface area contributed by atoms with Crippen LogP contribution in [0.3, 0.4) is 0 Å². The molecule has 0 fully saturated rings. The van der Waals surface area contributed by atoms with Gasteiger partial charge < -0.3 is 10.1 Å². The fourth-order valence-corrected chi connectivity index (χ4v) is 2.17. The normalized spacial score (nSPS) is 10.2. The molecule has 104 valence electrons. The summed E-state index contributed by atoms with van der Waals surface area (Å²) in [6, 6.07) is 11.9. The van der Waals surface area contributed by atoms with Gasteiger partial charge in [-0.25, -0.2) is 9.18 Å². The molecule has 2 rings (SSSR count). The highest BCUT2D eigenvalue weighted by Gasteiger charge is 2.10. The zero-order chi connectivity index (χ0) is 14.5. The molecule has 0 aliphatic heterocycles. The predicted molar refractivity (Wildman–Crippen MR) is 79.2 cm³/mol. The molecule has 1 N–H and O–H groups in total. The van der Waals surface area contributed by atoms with E-state index in [1.54, 1.807) is 24.3 Å². The monoisotopic (exact) mass is 337 g/mol. The van der Waals surface area contributed by atoms with Crippen molar-refractivity contribution in [1.29, 1.82) is 0 Å². The van der Waals surface area contributed by atoms with Crippen molar-refractivity contribution >= 4 is 27.6 Å².